The highest BCUT2D eigenvalue weighted by Crippen LogP contribution is 2.22. The van der Waals surface area contributed by atoms with Crippen LogP contribution in [0.4, 0.5) is 0 Å². The van der Waals surface area contributed by atoms with Gasteiger partial charge in [-0.05, 0) is 41.3 Å². The van der Waals surface area contributed by atoms with Crippen LogP contribution in [0.1, 0.15) is 29.2 Å². The number of hydrogen-bond donors (Lipinski definition) is 2. The van der Waals surface area contributed by atoms with Gasteiger partial charge in [-0.15, -0.1) is 0 Å². The average Bonchev–Trinajstić information content (AvgIpc) is 3.15. The van der Waals surface area contributed by atoms with Gasteiger partial charge < -0.3 is 10.3 Å². The predicted octanol–water partition coefficient (Wildman–Crippen LogP) is 4.40. The van der Waals surface area contributed by atoms with Gasteiger partial charge >= 0.3 is 0 Å². The second kappa shape index (κ2) is 7.87. The van der Waals surface area contributed by atoms with E-state index in [1.165, 1.54) is 10.9 Å². The molecular formula is C23H21N3O. The highest BCUT2D eigenvalue weighted by Gasteiger charge is 2.17. The Balaban J connectivity index is 1.49. The van der Waals surface area contributed by atoms with E-state index in [2.05, 4.69) is 21.4 Å². The minimum atomic E-state index is -0.176. The van der Waals surface area contributed by atoms with E-state index in [9.17, 15) is 4.79 Å². The second-order valence-corrected chi connectivity index (χ2v) is 6.55. The third-order valence-electron chi connectivity index (χ3n) is 4.77. The molecule has 0 aliphatic carbocycles. The number of nitrogens with zero attached hydrogens (tertiary/aromatic N) is 1. The van der Waals surface area contributed by atoms with Gasteiger partial charge in [0.15, 0.2) is 0 Å². The van der Waals surface area contributed by atoms with Crippen LogP contribution < -0.4 is 5.32 Å². The molecule has 1 amide bonds. The van der Waals surface area contributed by atoms with Crippen molar-refractivity contribution >= 4 is 16.8 Å². The van der Waals surface area contributed by atoms with Crippen molar-refractivity contribution in [3.8, 4) is 0 Å². The van der Waals surface area contributed by atoms with Crippen molar-refractivity contribution in [2.75, 3.05) is 0 Å². The Labute approximate surface area is 158 Å². The molecule has 0 saturated heterocycles. The van der Waals surface area contributed by atoms with Gasteiger partial charge in [0.2, 0.25) is 5.91 Å². The lowest BCUT2D eigenvalue weighted by atomic mass is 9.99. The number of carbonyl (C=O) groups is 1. The number of carbonyl (C=O) groups excluding carboxylic acids is 1. The SMILES string of the molecule is O=C(CCc1c[nH]c2ccccc12)NC(c1ccccc1)c1ccncc1. The van der Waals surface area contributed by atoms with Gasteiger partial charge in [0.25, 0.3) is 0 Å². The largest absolute Gasteiger partial charge is 0.361 e. The number of aromatic nitrogens is 2. The van der Waals surface area contributed by atoms with Crippen LogP contribution in [0, 0.1) is 0 Å². The number of para-hydroxylation sites is 1. The average molecular weight is 355 g/mol. The summed E-state index contributed by atoms with van der Waals surface area (Å²) in [7, 11) is 0. The number of hydrogen-bond acceptors (Lipinski definition) is 2. The van der Waals surface area contributed by atoms with E-state index < -0.39 is 0 Å². The summed E-state index contributed by atoms with van der Waals surface area (Å²) in [5, 5.41) is 4.36. The van der Waals surface area contributed by atoms with Gasteiger partial charge in [0.05, 0.1) is 6.04 Å². The topological polar surface area (TPSA) is 57.8 Å². The normalized spacial score (nSPS) is 12.0. The molecule has 2 N–H and O–H groups in total. The molecule has 0 fully saturated rings. The van der Waals surface area contributed by atoms with Gasteiger partial charge in [-0.3, -0.25) is 9.78 Å². The van der Waals surface area contributed by atoms with Gasteiger partial charge in [0.1, 0.15) is 0 Å². The lowest BCUT2D eigenvalue weighted by molar-refractivity contribution is -0.121. The van der Waals surface area contributed by atoms with E-state index in [0.717, 1.165) is 16.6 Å². The van der Waals surface area contributed by atoms with E-state index in [4.69, 9.17) is 0 Å². The molecule has 0 spiro atoms. The first-order valence-electron chi connectivity index (χ1n) is 9.10. The predicted molar refractivity (Wildman–Crippen MR) is 107 cm³/mol. The minimum absolute atomic E-state index is 0.0333. The molecule has 27 heavy (non-hydrogen) atoms. The number of aromatic amines is 1. The Morgan fingerprint density at radius 1 is 0.926 bits per heavy atom. The monoisotopic (exact) mass is 355 g/mol. The summed E-state index contributed by atoms with van der Waals surface area (Å²) in [5.74, 6) is 0.0333. The van der Waals surface area contributed by atoms with Crippen LogP contribution >= 0.6 is 0 Å². The molecule has 4 heteroatoms. The molecule has 2 heterocycles. The number of benzene rings is 2. The van der Waals surface area contributed by atoms with Crippen molar-refractivity contribution in [3.05, 3.63) is 102 Å². The van der Waals surface area contributed by atoms with Crippen LogP contribution in [-0.4, -0.2) is 15.9 Å². The summed E-state index contributed by atoms with van der Waals surface area (Å²) >= 11 is 0. The van der Waals surface area contributed by atoms with Gasteiger partial charge in [-0.1, -0.05) is 48.5 Å². The number of aryl methyl sites for hydroxylation is 1. The second-order valence-electron chi connectivity index (χ2n) is 6.55. The Bertz CT molecular complexity index is 986. The molecule has 4 rings (SSSR count). The van der Waals surface area contributed by atoms with Gasteiger partial charge in [-0.25, -0.2) is 0 Å². The molecule has 2 aromatic heterocycles. The quantitative estimate of drug-likeness (QED) is 0.538. The third kappa shape index (κ3) is 3.90. The number of H-pyrrole nitrogens is 1. The van der Waals surface area contributed by atoms with Crippen molar-refractivity contribution in [1.29, 1.82) is 0 Å². The maximum atomic E-state index is 12.7. The molecule has 0 radical (unpaired) electrons. The van der Waals surface area contributed by atoms with Crippen LogP contribution in [-0.2, 0) is 11.2 Å². The van der Waals surface area contributed by atoms with Crippen molar-refractivity contribution in [2.45, 2.75) is 18.9 Å². The van der Waals surface area contributed by atoms with E-state index in [0.29, 0.717) is 12.8 Å². The third-order valence-corrected chi connectivity index (χ3v) is 4.77. The lowest BCUT2D eigenvalue weighted by Crippen LogP contribution is -2.29. The highest BCUT2D eigenvalue weighted by atomic mass is 16.1. The summed E-state index contributed by atoms with van der Waals surface area (Å²) < 4.78 is 0. The van der Waals surface area contributed by atoms with Crippen molar-refractivity contribution in [3.63, 3.8) is 0 Å². The Hall–Kier alpha value is -3.40. The first kappa shape index (κ1) is 17.0. The fourth-order valence-corrected chi connectivity index (χ4v) is 3.38. The number of rotatable bonds is 6. The maximum Gasteiger partial charge on any atom is 0.221 e. The summed E-state index contributed by atoms with van der Waals surface area (Å²) in [4.78, 5) is 20.0. The molecule has 4 nitrogen and oxygen atoms in total. The van der Waals surface area contributed by atoms with E-state index in [1.807, 2.05) is 66.9 Å². The Morgan fingerprint density at radius 3 is 2.44 bits per heavy atom. The molecular weight excluding hydrogens is 334 g/mol. The molecule has 1 unspecified atom stereocenters. The van der Waals surface area contributed by atoms with Crippen molar-refractivity contribution < 1.29 is 4.79 Å². The molecule has 4 aromatic rings. The number of amides is 1. The van der Waals surface area contributed by atoms with E-state index >= 15 is 0 Å². The van der Waals surface area contributed by atoms with E-state index in [1.54, 1.807) is 12.4 Å². The van der Waals surface area contributed by atoms with Gasteiger partial charge in [-0.2, -0.15) is 0 Å². The smallest absolute Gasteiger partial charge is 0.221 e. The molecule has 0 aliphatic heterocycles. The fourth-order valence-electron chi connectivity index (χ4n) is 3.38. The summed E-state index contributed by atoms with van der Waals surface area (Å²) in [6.07, 6.45) is 6.65. The molecule has 0 saturated carbocycles. The van der Waals surface area contributed by atoms with Crippen LogP contribution in [0.15, 0.2) is 85.3 Å². The number of pyridine rings is 1. The molecule has 1 atom stereocenters. The summed E-state index contributed by atoms with van der Waals surface area (Å²) in [6.45, 7) is 0. The lowest BCUT2D eigenvalue weighted by Gasteiger charge is -2.19. The van der Waals surface area contributed by atoms with Crippen molar-refractivity contribution in [2.24, 2.45) is 0 Å². The Kier molecular flexibility index (Phi) is 4.97. The van der Waals surface area contributed by atoms with E-state index in [-0.39, 0.29) is 11.9 Å². The van der Waals surface area contributed by atoms with Crippen LogP contribution in [0.5, 0.6) is 0 Å². The van der Waals surface area contributed by atoms with Crippen LogP contribution in [0.25, 0.3) is 10.9 Å². The highest BCUT2D eigenvalue weighted by molar-refractivity contribution is 5.84. The summed E-state index contributed by atoms with van der Waals surface area (Å²) in [6, 6.07) is 21.9. The summed E-state index contributed by atoms with van der Waals surface area (Å²) in [5.41, 5.74) is 4.36. The molecule has 2 aromatic carbocycles. The molecule has 134 valence electrons. The van der Waals surface area contributed by atoms with Gasteiger partial charge in [0, 0.05) is 35.9 Å². The zero-order valence-corrected chi connectivity index (χ0v) is 14.9. The Morgan fingerprint density at radius 2 is 1.63 bits per heavy atom. The number of fused-ring (bicyclic) bond motifs is 1. The zero-order valence-electron chi connectivity index (χ0n) is 14.9. The van der Waals surface area contributed by atoms with Crippen LogP contribution in [0.2, 0.25) is 0 Å². The van der Waals surface area contributed by atoms with Crippen molar-refractivity contribution in [1.82, 2.24) is 15.3 Å². The first-order valence-corrected chi connectivity index (χ1v) is 9.10. The number of nitrogens with one attached hydrogen (secondary N) is 2. The molecule has 0 aliphatic rings. The molecule has 0 bridgehead atoms. The van der Waals surface area contributed by atoms with Crippen LogP contribution in [0.3, 0.4) is 0 Å². The maximum absolute atomic E-state index is 12.7. The zero-order chi connectivity index (χ0) is 18.5. The minimum Gasteiger partial charge on any atom is -0.361 e. The standard InChI is InChI=1S/C23H21N3O/c27-22(11-10-19-16-25-21-9-5-4-8-20(19)21)26-23(17-6-2-1-3-7-17)18-12-14-24-15-13-18/h1-9,12-16,23,25H,10-11H2,(H,26,27). The first-order chi connectivity index (χ1) is 13.3. The fraction of sp³-hybridized carbons (Fsp3) is 0.130.